The van der Waals surface area contributed by atoms with Crippen LogP contribution in [0.15, 0.2) is 36.4 Å². The van der Waals surface area contributed by atoms with Gasteiger partial charge in [-0.25, -0.2) is 0 Å². The first-order chi connectivity index (χ1) is 11.8. The van der Waals surface area contributed by atoms with Gasteiger partial charge in [0.05, 0.1) is 0 Å². The number of hydrogen-bond donors (Lipinski definition) is 0. The van der Waals surface area contributed by atoms with Gasteiger partial charge in [-0.3, -0.25) is 0 Å². The maximum Gasteiger partial charge on any atom is 0.0146 e. The van der Waals surface area contributed by atoms with Crippen molar-refractivity contribution < 1.29 is 40.8 Å². The van der Waals surface area contributed by atoms with Gasteiger partial charge in [0, 0.05) is 46.3 Å². The average molecular weight is 743 g/mol. The number of benzene rings is 2. The molecule has 0 nitrogen and oxygen atoms in total. The first-order valence-corrected chi connectivity index (χ1v) is 10.3. The Morgan fingerprint density at radius 2 is 1.48 bits per heavy atom. The van der Waals surface area contributed by atoms with E-state index in [1.54, 1.807) is 0 Å². The Bertz CT molecular complexity index is 726. The van der Waals surface area contributed by atoms with Gasteiger partial charge in [0.1, 0.15) is 0 Å². The Kier molecular flexibility index (Phi) is 12.4. The minimum atomic E-state index is -0.0400. The van der Waals surface area contributed by atoms with E-state index in [1.807, 2.05) is 0 Å². The minimum absolute atomic E-state index is 0. The summed E-state index contributed by atoms with van der Waals surface area (Å²) < 4.78 is 0. The zero-order chi connectivity index (χ0) is 18.6. The van der Waals surface area contributed by atoms with E-state index in [2.05, 4.69) is 71.0 Å². The smallest absolute Gasteiger partial charge is 0.0146 e. The van der Waals surface area contributed by atoms with E-state index in [0.717, 1.165) is 25.0 Å². The van der Waals surface area contributed by atoms with Crippen molar-refractivity contribution in [3.63, 3.8) is 0 Å². The van der Waals surface area contributed by atoms with Crippen molar-refractivity contribution in [1.82, 2.24) is 0 Å². The van der Waals surface area contributed by atoms with Gasteiger partial charge >= 0.3 is 0 Å². The third-order valence-electron chi connectivity index (χ3n) is 5.38. The molecule has 4 heteroatoms. The van der Waals surface area contributed by atoms with E-state index in [-0.39, 0.29) is 51.5 Å². The third kappa shape index (κ3) is 6.74. The fourth-order valence-electron chi connectivity index (χ4n) is 3.35. The molecular weight excluding hydrogens is 713 g/mol. The summed E-state index contributed by atoms with van der Waals surface area (Å²) in [6.45, 7) is 11.2. The van der Waals surface area contributed by atoms with Gasteiger partial charge in [-0.15, -0.1) is 5.25 Å². The van der Waals surface area contributed by atoms with Crippen molar-refractivity contribution in [3.8, 4) is 0 Å². The molecule has 2 radical (unpaired) electrons. The molecule has 0 N–H and O–H groups in total. The number of hydrogen-bond acceptors (Lipinski definition) is 2. The molecule has 150 valence electrons. The van der Waals surface area contributed by atoms with Crippen LogP contribution in [0, 0.1) is 13.8 Å². The molecule has 0 aliphatic carbocycles. The SMILES string of the molecule is CCC([S-])c1cc(C(C)(C)c2ccc(C)c(CCC[S-])c2)ccc1C.[Re].[Re]. The summed E-state index contributed by atoms with van der Waals surface area (Å²) in [6.07, 6.45) is 3.14. The van der Waals surface area contributed by atoms with Crippen LogP contribution in [-0.4, -0.2) is 5.75 Å². The third-order valence-corrected chi connectivity index (χ3v) is 6.26. The van der Waals surface area contributed by atoms with Gasteiger partial charge in [0.2, 0.25) is 0 Å². The first-order valence-electron chi connectivity index (χ1n) is 9.26. The molecule has 0 saturated carbocycles. The van der Waals surface area contributed by atoms with E-state index in [4.69, 9.17) is 25.3 Å². The molecule has 1 atom stereocenters. The second kappa shape index (κ2) is 12.2. The van der Waals surface area contributed by atoms with Gasteiger partial charge in [0.15, 0.2) is 0 Å². The molecule has 0 heterocycles. The summed E-state index contributed by atoms with van der Waals surface area (Å²) in [5.41, 5.74) is 8.07. The van der Waals surface area contributed by atoms with Crippen molar-refractivity contribution in [1.29, 1.82) is 0 Å². The number of aryl methyl sites for hydroxylation is 3. The second-order valence-electron chi connectivity index (χ2n) is 7.54. The summed E-state index contributed by atoms with van der Waals surface area (Å²) in [6, 6.07) is 13.7. The van der Waals surface area contributed by atoms with Crippen LogP contribution in [0.25, 0.3) is 0 Å². The van der Waals surface area contributed by atoms with Crippen LogP contribution < -0.4 is 0 Å². The molecule has 0 fully saturated rings. The molecule has 0 amide bonds. The quantitative estimate of drug-likeness (QED) is 0.315. The maximum absolute atomic E-state index is 5.67. The molecular formula is C23H30Re2S2-2. The van der Waals surface area contributed by atoms with E-state index in [9.17, 15) is 0 Å². The summed E-state index contributed by atoms with van der Waals surface area (Å²) >= 11 is 10.8. The fourth-order valence-corrected chi connectivity index (χ4v) is 3.75. The Morgan fingerprint density at radius 3 is 2.04 bits per heavy atom. The summed E-state index contributed by atoms with van der Waals surface area (Å²) in [5.74, 6) is 0.825. The molecule has 0 saturated heterocycles. The average Bonchev–Trinajstić information content (AvgIpc) is 2.60. The largest absolute Gasteiger partial charge is 0.793 e. The van der Waals surface area contributed by atoms with Crippen molar-refractivity contribution in [3.05, 3.63) is 69.8 Å². The molecule has 0 aliphatic heterocycles. The van der Waals surface area contributed by atoms with Crippen LogP contribution in [0.2, 0.25) is 0 Å². The number of rotatable bonds is 7. The van der Waals surface area contributed by atoms with E-state index >= 15 is 0 Å². The second-order valence-corrected chi connectivity index (χ2v) is 8.52. The standard InChI is InChI=1S/C23H32S2.2Re/c1-6-22(25)21-15-20(12-10-17(21)3)23(4,5)19-11-9-16(2)18(14-19)8-7-13-24;;/h9-12,14-15,22,24-25H,6-8,13H2,1-5H3;;/p-2. The molecule has 0 bridgehead atoms. The molecule has 2 rings (SSSR count). The van der Waals surface area contributed by atoms with Crippen LogP contribution in [-0.2, 0) is 77.9 Å². The minimum Gasteiger partial charge on any atom is -0.793 e. The van der Waals surface area contributed by atoms with E-state index in [0.29, 0.717) is 0 Å². The van der Waals surface area contributed by atoms with Gasteiger partial charge in [0.25, 0.3) is 0 Å². The normalized spacial score (nSPS) is 12.1. The van der Waals surface area contributed by atoms with Crippen LogP contribution in [0.5, 0.6) is 0 Å². The predicted octanol–water partition coefficient (Wildman–Crippen LogP) is 6.10. The molecule has 1 unspecified atom stereocenters. The van der Waals surface area contributed by atoms with Crippen LogP contribution in [0.3, 0.4) is 0 Å². The van der Waals surface area contributed by atoms with Gasteiger partial charge in [-0.2, -0.15) is 5.75 Å². The Labute approximate surface area is 204 Å². The monoisotopic (exact) mass is 744 g/mol. The predicted molar refractivity (Wildman–Crippen MR) is 115 cm³/mol. The Morgan fingerprint density at radius 1 is 0.926 bits per heavy atom. The van der Waals surface area contributed by atoms with E-state index in [1.165, 1.54) is 33.4 Å². The molecule has 2 aromatic rings. The summed E-state index contributed by atoms with van der Waals surface area (Å²) in [7, 11) is 0. The first kappa shape index (κ1) is 27.5. The van der Waals surface area contributed by atoms with Crippen molar-refractivity contribution in [2.45, 2.75) is 64.5 Å². The van der Waals surface area contributed by atoms with Gasteiger partial charge in [-0.05, 0) is 48.1 Å². The van der Waals surface area contributed by atoms with Crippen molar-refractivity contribution in [2.24, 2.45) is 0 Å². The molecule has 0 aliphatic rings. The van der Waals surface area contributed by atoms with Crippen molar-refractivity contribution >= 4 is 25.3 Å². The molecule has 0 aromatic heterocycles. The molecule has 2 aromatic carbocycles. The Balaban J connectivity index is 0.00000338. The maximum atomic E-state index is 5.67. The fraction of sp³-hybridized carbons (Fsp3) is 0.478. The van der Waals surface area contributed by atoms with Crippen LogP contribution in [0.1, 0.15) is 72.2 Å². The van der Waals surface area contributed by atoms with Gasteiger partial charge in [-0.1, -0.05) is 75.6 Å². The zero-order valence-electron chi connectivity index (χ0n) is 16.9. The van der Waals surface area contributed by atoms with Crippen LogP contribution >= 0.6 is 0 Å². The summed E-state index contributed by atoms with van der Waals surface area (Å²) in [4.78, 5) is 0. The van der Waals surface area contributed by atoms with E-state index < -0.39 is 0 Å². The van der Waals surface area contributed by atoms with Crippen LogP contribution in [0.4, 0.5) is 0 Å². The topological polar surface area (TPSA) is 0 Å². The Hall–Kier alpha value is 0.465. The van der Waals surface area contributed by atoms with Gasteiger partial charge < -0.3 is 25.3 Å². The molecule has 27 heavy (non-hydrogen) atoms. The van der Waals surface area contributed by atoms with Crippen molar-refractivity contribution in [2.75, 3.05) is 5.75 Å². The molecule has 0 spiro atoms. The summed E-state index contributed by atoms with van der Waals surface area (Å²) in [5, 5.41) is 0.191. The zero-order valence-corrected chi connectivity index (χ0v) is 24.0.